The van der Waals surface area contributed by atoms with E-state index < -0.39 is 10.0 Å². The lowest BCUT2D eigenvalue weighted by atomic mass is 9.66. The number of piperidine rings is 1. The van der Waals surface area contributed by atoms with E-state index in [1.165, 1.54) is 0 Å². The molecule has 4 heterocycles. The molecule has 3 aliphatic heterocycles. The van der Waals surface area contributed by atoms with E-state index >= 15 is 0 Å². The van der Waals surface area contributed by atoms with Gasteiger partial charge in [-0.25, -0.2) is 17.9 Å². The second-order valence-electron chi connectivity index (χ2n) is 10.6. The number of rotatable bonds is 8. The van der Waals surface area contributed by atoms with Gasteiger partial charge in [0.25, 0.3) is 0 Å². The zero-order valence-corrected chi connectivity index (χ0v) is 22.9. The highest BCUT2D eigenvalue weighted by Gasteiger charge is 2.51. The largest absolute Gasteiger partial charge is 0.461 e. The Morgan fingerprint density at radius 2 is 1.95 bits per heavy atom. The van der Waals surface area contributed by atoms with Crippen LogP contribution >= 0.6 is 0 Å². The summed E-state index contributed by atoms with van der Waals surface area (Å²) in [5, 5.41) is 0.915. The van der Waals surface area contributed by atoms with Crippen LogP contribution in [0.4, 0.5) is 0 Å². The molecular formula is C30H35N3O4S. The molecular weight excluding hydrogens is 498 g/mol. The second-order valence-corrected chi connectivity index (χ2v) is 12.4. The van der Waals surface area contributed by atoms with Gasteiger partial charge in [0.05, 0.1) is 23.1 Å². The van der Waals surface area contributed by atoms with Crippen molar-refractivity contribution in [2.45, 2.75) is 56.9 Å². The summed E-state index contributed by atoms with van der Waals surface area (Å²) in [7, 11) is -3.69. The van der Waals surface area contributed by atoms with Crippen molar-refractivity contribution in [1.82, 2.24) is 14.2 Å². The number of esters is 1. The monoisotopic (exact) mass is 533 g/mol. The lowest BCUT2D eigenvalue weighted by molar-refractivity contribution is -0.136. The maximum atomic E-state index is 13.3. The van der Waals surface area contributed by atoms with Gasteiger partial charge in [0.15, 0.2) is 0 Å². The van der Waals surface area contributed by atoms with Crippen LogP contribution in [0.25, 0.3) is 16.6 Å². The fourth-order valence-electron chi connectivity index (χ4n) is 6.89. The van der Waals surface area contributed by atoms with Crippen molar-refractivity contribution >= 4 is 32.6 Å². The molecule has 0 saturated carbocycles. The van der Waals surface area contributed by atoms with Crippen LogP contribution in [0, 0.1) is 5.41 Å². The maximum absolute atomic E-state index is 13.3. The molecule has 1 aromatic heterocycles. The van der Waals surface area contributed by atoms with Crippen LogP contribution in [0.1, 0.15) is 56.0 Å². The minimum Gasteiger partial charge on any atom is -0.461 e. The predicted molar refractivity (Wildman–Crippen MR) is 148 cm³/mol. The van der Waals surface area contributed by atoms with Crippen molar-refractivity contribution in [2.24, 2.45) is 5.41 Å². The second kappa shape index (κ2) is 9.67. The molecule has 2 aromatic carbocycles. The quantitative estimate of drug-likeness (QED) is 0.426. The minimum atomic E-state index is -3.69. The van der Waals surface area contributed by atoms with Crippen LogP contribution < -0.4 is 4.72 Å². The lowest BCUT2D eigenvalue weighted by Crippen LogP contribution is -2.51. The number of aromatic nitrogens is 1. The van der Waals surface area contributed by atoms with E-state index in [1.807, 2.05) is 43.3 Å². The maximum Gasteiger partial charge on any atom is 0.354 e. The number of fused-ring (bicyclic) bond motifs is 3. The third-order valence-corrected chi connectivity index (χ3v) is 10.1. The van der Waals surface area contributed by atoms with Gasteiger partial charge in [-0.05, 0) is 81.0 Å². The summed E-state index contributed by atoms with van der Waals surface area (Å²) in [6.07, 6.45) is 6.68. The summed E-state index contributed by atoms with van der Waals surface area (Å²) in [6.45, 7) is 6.65. The molecule has 3 aromatic rings. The molecule has 200 valence electrons. The van der Waals surface area contributed by atoms with Gasteiger partial charge < -0.3 is 9.30 Å². The molecule has 0 radical (unpaired) electrons. The molecule has 1 fully saturated rings. The van der Waals surface area contributed by atoms with Gasteiger partial charge in [-0.1, -0.05) is 37.3 Å². The molecule has 0 amide bonds. The molecule has 0 aliphatic carbocycles. The van der Waals surface area contributed by atoms with E-state index in [9.17, 15) is 13.2 Å². The average Bonchev–Trinajstić information content (AvgIpc) is 3.27. The smallest absolute Gasteiger partial charge is 0.354 e. The van der Waals surface area contributed by atoms with Gasteiger partial charge in [0.1, 0.15) is 5.70 Å². The first-order chi connectivity index (χ1) is 18.4. The molecule has 2 atom stereocenters. The Morgan fingerprint density at radius 3 is 2.71 bits per heavy atom. The summed E-state index contributed by atoms with van der Waals surface area (Å²) < 4.78 is 36.9. The Balaban J connectivity index is 1.43. The van der Waals surface area contributed by atoms with Crippen LogP contribution in [0.5, 0.6) is 0 Å². The molecule has 1 N–H and O–H groups in total. The molecule has 6 rings (SSSR count). The number of nitrogens with one attached hydrogen (secondary N) is 1. The molecule has 0 spiro atoms. The Hall–Kier alpha value is -2.94. The Labute approximate surface area is 224 Å². The van der Waals surface area contributed by atoms with E-state index in [1.54, 1.807) is 12.1 Å². The average molecular weight is 534 g/mol. The van der Waals surface area contributed by atoms with Crippen LogP contribution in [0.2, 0.25) is 0 Å². The number of benzene rings is 2. The Morgan fingerprint density at radius 1 is 1.13 bits per heavy atom. The summed E-state index contributed by atoms with van der Waals surface area (Å²) in [6, 6.07) is 15.4. The SMILES string of the molecule is CCOC(=O)C1=C[C@]2(CC)CCCN3CCc4c(n1c1ccc(S(=O)(=O)NCCc5ccccc5)cc41)[C@@H]32. The van der Waals surface area contributed by atoms with Gasteiger partial charge in [0.2, 0.25) is 10.0 Å². The first-order valence-electron chi connectivity index (χ1n) is 13.7. The number of hydrogen-bond donors (Lipinski definition) is 1. The van der Waals surface area contributed by atoms with Crippen molar-refractivity contribution in [3.8, 4) is 0 Å². The fraction of sp³-hybridized carbons (Fsp3) is 0.433. The molecule has 7 nitrogen and oxygen atoms in total. The summed E-state index contributed by atoms with van der Waals surface area (Å²) in [4.78, 5) is 16.1. The number of carbonyl (C=O) groups is 1. The van der Waals surface area contributed by atoms with Crippen LogP contribution in [0.3, 0.4) is 0 Å². The minimum absolute atomic E-state index is 0.131. The van der Waals surface area contributed by atoms with Crippen molar-refractivity contribution in [1.29, 1.82) is 0 Å². The normalized spacial score (nSPS) is 22.7. The third-order valence-electron chi connectivity index (χ3n) is 8.66. The molecule has 3 aliphatic rings. The van der Waals surface area contributed by atoms with E-state index in [4.69, 9.17) is 4.74 Å². The van der Waals surface area contributed by atoms with Gasteiger partial charge in [-0.3, -0.25) is 4.90 Å². The molecule has 1 saturated heterocycles. The molecule has 38 heavy (non-hydrogen) atoms. The number of carbonyl (C=O) groups excluding carboxylic acids is 1. The van der Waals surface area contributed by atoms with E-state index in [-0.39, 0.29) is 22.3 Å². The van der Waals surface area contributed by atoms with Crippen molar-refractivity contribution < 1.29 is 17.9 Å². The Bertz CT molecular complexity index is 1530. The van der Waals surface area contributed by atoms with Gasteiger partial charge in [-0.2, -0.15) is 0 Å². The highest BCUT2D eigenvalue weighted by Crippen LogP contribution is 2.57. The third kappa shape index (κ3) is 4.01. The van der Waals surface area contributed by atoms with E-state index in [0.29, 0.717) is 25.3 Å². The van der Waals surface area contributed by atoms with Crippen molar-refractivity contribution in [3.63, 3.8) is 0 Å². The fourth-order valence-corrected chi connectivity index (χ4v) is 7.94. The van der Waals surface area contributed by atoms with Gasteiger partial charge in [-0.15, -0.1) is 0 Å². The zero-order valence-electron chi connectivity index (χ0n) is 22.1. The first kappa shape index (κ1) is 25.3. The van der Waals surface area contributed by atoms with Crippen LogP contribution in [-0.2, 0) is 32.4 Å². The number of hydrogen-bond acceptors (Lipinski definition) is 5. The van der Waals surface area contributed by atoms with Crippen LogP contribution in [-0.4, -0.2) is 50.1 Å². The topological polar surface area (TPSA) is 80.6 Å². The highest BCUT2D eigenvalue weighted by molar-refractivity contribution is 7.89. The number of nitrogens with zero attached hydrogens (tertiary/aromatic N) is 2. The molecule has 0 unspecified atom stereocenters. The first-order valence-corrected chi connectivity index (χ1v) is 15.2. The summed E-state index contributed by atoms with van der Waals surface area (Å²) in [5.74, 6) is -0.319. The van der Waals surface area contributed by atoms with Crippen molar-refractivity contribution in [3.05, 3.63) is 71.4 Å². The summed E-state index contributed by atoms with van der Waals surface area (Å²) >= 11 is 0. The highest BCUT2D eigenvalue weighted by atomic mass is 32.2. The zero-order chi connectivity index (χ0) is 26.5. The van der Waals surface area contributed by atoms with E-state index in [0.717, 1.165) is 66.5 Å². The van der Waals surface area contributed by atoms with E-state index in [2.05, 4.69) is 27.2 Å². The van der Waals surface area contributed by atoms with Crippen LogP contribution in [0.15, 0.2) is 59.5 Å². The molecule has 0 bridgehead atoms. The van der Waals surface area contributed by atoms with Gasteiger partial charge >= 0.3 is 5.97 Å². The van der Waals surface area contributed by atoms with Crippen molar-refractivity contribution in [2.75, 3.05) is 26.2 Å². The number of ether oxygens (including phenoxy) is 1. The summed E-state index contributed by atoms with van der Waals surface area (Å²) in [5.41, 5.74) is 4.70. The molecule has 8 heteroatoms. The Kier molecular flexibility index (Phi) is 6.45. The number of sulfonamides is 1. The standard InChI is InChI=1S/C30H35N3O4S/c1-3-30-15-8-17-32-18-14-23-24-19-22(38(35,36)31-16-13-21-9-6-5-7-10-21)11-12-25(24)33(27(23)28(30)32)26(20-30)29(34)37-4-2/h5-7,9-12,19-20,28,31H,3-4,8,13-18H2,1-2H3/t28-,30+/m1/s1. The predicted octanol–water partition coefficient (Wildman–Crippen LogP) is 4.67. The van der Waals surface area contributed by atoms with Gasteiger partial charge in [0, 0.05) is 29.6 Å². The lowest BCUT2D eigenvalue weighted by Gasteiger charge is -2.53.